The van der Waals surface area contributed by atoms with Gasteiger partial charge in [-0.3, -0.25) is 0 Å². The monoisotopic (exact) mass is 285 g/mol. The first-order valence-corrected chi connectivity index (χ1v) is 7.62. The standard InChI is InChI=1S/C17H23N3O/c1-20(12-13-4-3-8-18-11-13)17-16-10-15(21-2)6-5-14(16)7-9-19-17/h5-7,9-10,13,18H,3-4,8,11-12H2,1-2H3. The third-order valence-electron chi connectivity index (χ3n) is 4.24. The van der Waals surface area contributed by atoms with Crippen LogP contribution in [0.3, 0.4) is 0 Å². The van der Waals surface area contributed by atoms with E-state index in [0.717, 1.165) is 36.6 Å². The normalized spacial score (nSPS) is 18.7. The Kier molecular flexibility index (Phi) is 4.25. The Balaban J connectivity index is 1.87. The number of benzene rings is 1. The van der Waals surface area contributed by atoms with Crippen molar-refractivity contribution in [1.29, 1.82) is 0 Å². The van der Waals surface area contributed by atoms with Gasteiger partial charge in [0.05, 0.1) is 7.11 Å². The maximum Gasteiger partial charge on any atom is 0.136 e. The number of rotatable bonds is 4. The van der Waals surface area contributed by atoms with E-state index in [0.29, 0.717) is 5.92 Å². The van der Waals surface area contributed by atoms with Gasteiger partial charge in [-0.1, -0.05) is 6.07 Å². The number of pyridine rings is 1. The molecule has 0 bridgehead atoms. The van der Waals surface area contributed by atoms with Crippen LogP contribution in [0.4, 0.5) is 5.82 Å². The summed E-state index contributed by atoms with van der Waals surface area (Å²) in [6.07, 6.45) is 4.46. The predicted molar refractivity (Wildman–Crippen MR) is 87.2 cm³/mol. The number of nitrogens with zero attached hydrogens (tertiary/aromatic N) is 2. The molecule has 1 aromatic heterocycles. The maximum atomic E-state index is 5.35. The van der Waals surface area contributed by atoms with Crippen LogP contribution in [-0.4, -0.2) is 38.8 Å². The molecule has 1 fully saturated rings. The fourth-order valence-electron chi connectivity index (χ4n) is 3.12. The number of aromatic nitrogens is 1. The van der Waals surface area contributed by atoms with Gasteiger partial charge < -0.3 is 15.0 Å². The molecule has 2 heterocycles. The van der Waals surface area contributed by atoms with Crippen LogP contribution in [-0.2, 0) is 0 Å². The lowest BCUT2D eigenvalue weighted by molar-refractivity contribution is 0.381. The van der Waals surface area contributed by atoms with Crippen molar-refractivity contribution in [2.45, 2.75) is 12.8 Å². The number of hydrogen-bond acceptors (Lipinski definition) is 4. The largest absolute Gasteiger partial charge is 0.497 e. The first-order chi connectivity index (χ1) is 10.3. The minimum Gasteiger partial charge on any atom is -0.497 e. The highest BCUT2D eigenvalue weighted by molar-refractivity contribution is 5.93. The zero-order chi connectivity index (χ0) is 14.7. The zero-order valence-corrected chi connectivity index (χ0v) is 12.8. The second-order valence-corrected chi connectivity index (χ2v) is 5.81. The third-order valence-corrected chi connectivity index (χ3v) is 4.24. The lowest BCUT2D eigenvalue weighted by Crippen LogP contribution is -2.37. The molecule has 1 saturated heterocycles. The van der Waals surface area contributed by atoms with Crippen molar-refractivity contribution < 1.29 is 4.74 Å². The number of nitrogens with one attached hydrogen (secondary N) is 1. The molecule has 0 spiro atoms. The molecule has 4 nitrogen and oxygen atoms in total. The van der Waals surface area contributed by atoms with Crippen LogP contribution in [0.15, 0.2) is 30.5 Å². The zero-order valence-electron chi connectivity index (χ0n) is 12.8. The average Bonchev–Trinajstić information content (AvgIpc) is 2.54. The summed E-state index contributed by atoms with van der Waals surface area (Å²) >= 11 is 0. The van der Waals surface area contributed by atoms with Crippen molar-refractivity contribution in [3.63, 3.8) is 0 Å². The van der Waals surface area contributed by atoms with Gasteiger partial charge in [-0.2, -0.15) is 0 Å². The Morgan fingerprint density at radius 1 is 1.38 bits per heavy atom. The van der Waals surface area contributed by atoms with Gasteiger partial charge in [-0.25, -0.2) is 4.98 Å². The van der Waals surface area contributed by atoms with Gasteiger partial charge in [-0.05, 0) is 55.4 Å². The van der Waals surface area contributed by atoms with Crippen molar-refractivity contribution in [2.75, 3.05) is 38.7 Å². The van der Waals surface area contributed by atoms with Crippen LogP contribution in [0.25, 0.3) is 10.8 Å². The molecule has 0 radical (unpaired) electrons. The first-order valence-electron chi connectivity index (χ1n) is 7.62. The number of anilines is 1. The molecular formula is C17H23N3O. The molecule has 3 rings (SSSR count). The van der Waals surface area contributed by atoms with Crippen molar-refractivity contribution >= 4 is 16.6 Å². The SMILES string of the molecule is COc1ccc2ccnc(N(C)CC3CCCNC3)c2c1. The number of methoxy groups -OCH3 is 1. The lowest BCUT2D eigenvalue weighted by atomic mass is 9.99. The second-order valence-electron chi connectivity index (χ2n) is 5.81. The van der Waals surface area contributed by atoms with Crippen molar-refractivity contribution in [1.82, 2.24) is 10.3 Å². The molecule has 4 heteroatoms. The summed E-state index contributed by atoms with van der Waals surface area (Å²) in [5.74, 6) is 2.62. The Hall–Kier alpha value is -1.81. The molecule has 1 unspecified atom stereocenters. The van der Waals surface area contributed by atoms with Gasteiger partial charge in [0.15, 0.2) is 0 Å². The van der Waals surface area contributed by atoms with Crippen molar-refractivity contribution in [3.8, 4) is 5.75 Å². The van der Waals surface area contributed by atoms with Crippen LogP contribution in [0, 0.1) is 5.92 Å². The van der Waals surface area contributed by atoms with E-state index in [4.69, 9.17) is 4.74 Å². The van der Waals surface area contributed by atoms with Crippen LogP contribution in [0.2, 0.25) is 0 Å². The number of piperidine rings is 1. The lowest BCUT2D eigenvalue weighted by Gasteiger charge is -2.28. The van der Waals surface area contributed by atoms with Gasteiger partial charge in [0.1, 0.15) is 11.6 Å². The second kappa shape index (κ2) is 6.31. The van der Waals surface area contributed by atoms with E-state index in [1.165, 1.54) is 18.2 Å². The Morgan fingerprint density at radius 3 is 3.05 bits per heavy atom. The highest BCUT2D eigenvalue weighted by Crippen LogP contribution is 2.28. The van der Waals surface area contributed by atoms with E-state index < -0.39 is 0 Å². The molecule has 0 aliphatic carbocycles. The van der Waals surface area contributed by atoms with Gasteiger partial charge in [-0.15, -0.1) is 0 Å². The summed E-state index contributed by atoms with van der Waals surface area (Å²) in [6, 6.07) is 8.22. The highest BCUT2D eigenvalue weighted by Gasteiger charge is 2.17. The van der Waals surface area contributed by atoms with Gasteiger partial charge in [0.2, 0.25) is 0 Å². The van der Waals surface area contributed by atoms with Crippen molar-refractivity contribution in [2.24, 2.45) is 5.92 Å². The molecule has 112 valence electrons. The number of ether oxygens (including phenoxy) is 1. The number of fused-ring (bicyclic) bond motifs is 1. The smallest absolute Gasteiger partial charge is 0.136 e. The third kappa shape index (κ3) is 3.10. The van der Waals surface area contributed by atoms with E-state index in [-0.39, 0.29) is 0 Å². The Labute approximate surface area is 126 Å². The Bertz CT molecular complexity index is 608. The molecule has 1 N–H and O–H groups in total. The molecule has 1 aliphatic heterocycles. The topological polar surface area (TPSA) is 37.4 Å². The summed E-state index contributed by atoms with van der Waals surface area (Å²) in [5.41, 5.74) is 0. The molecule has 1 aliphatic rings. The maximum absolute atomic E-state index is 5.35. The molecule has 1 atom stereocenters. The Morgan fingerprint density at radius 2 is 2.29 bits per heavy atom. The van der Waals surface area contributed by atoms with Gasteiger partial charge in [0.25, 0.3) is 0 Å². The van der Waals surface area contributed by atoms with Gasteiger partial charge >= 0.3 is 0 Å². The molecule has 21 heavy (non-hydrogen) atoms. The molecule has 0 saturated carbocycles. The van der Waals surface area contributed by atoms with Crippen LogP contribution >= 0.6 is 0 Å². The van der Waals surface area contributed by atoms with Crippen LogP contribution in [0.1, 0.15) is 12.8 Å². The van der Waals surface area contributed by atoms with Crippen LogP contribution in [0.5, 0.6) is 5.75 Å². The summed E-state index contributed by atoms with van der Waals surface area (Å²) in [4.78, 5) is 6.87. The molecule has 2 aromatic rings. The number of hydrogen-bond donors (Lipinski definition) is 1. The van der Waals surface area contributed by atoms with E-state index in [1.54, 1.807) is 7.11 Å². The van der Waals surface area contributed by atoms with E-state index in [2.05, 4.69) is 34.4 Å². The fraction of sp³-hybridized carbons (Fsp3) is 0.471. The predicted octanol–water partition coefficient (Wildman–Crippen LogP) is 2.68. The highest BCUT2D eigenvalue weighted by atomic mass is 16.5. The quantitative estimate of drug-likeness (QED) is 0.937. The van der Waals surface area contributed by atoms with E-state index in [1.807, 2.05) is 18.3 Å². The summed E-state index contributed by atoms with van der Waals surface area (Å²) in [7, 11) is 3.84. The molecule has 1 aromatic carbocycles. The molecular weight excluding hydrogens is 262 g/mol. The first kappa shape index (κ1) is 14.1. The summed E-state index contributed by atoms with van der Waals surface area (Å²) in [5, 5.41) is 5.84. The minimum atomic E-state index is 0.700. The van der Waals surface area contributed by atoms with Crippen LogP contribution < -0.4 is 15.0 Å². The molecule has 0 amide bonds. The average molecular weight is 285 g/mol. The summed E-state index contributed by atoms with van der Waals surface area (Å²) < 4.78 is 5.35. The summed E-state index contributed by atoms with van der Waals surface area (Å²) in [6.45, 7) is 3.30. The van der Waals surface area contributed by atoms with E-state index in [9.17, 15) is 0 Å². The van der Waals surface area contributed by atoms with Gasteiger partial charge in [0, 0.05) is 25.2 Å². The minimum absolute atomic E-state index is 0.700. The van der Waals surface area contributed by atoms with E-state index >= 15 is 0 Å². The fourth-order valence-corrected chi connectivity index (χ4v) is 3.12. The van der Waals surface area contributed by atoms with Crippen molar-refractivity contribution in [3.05, 3.63) is 30.5 Å².